The van der Waals surface area contributed by atoms with Crippen molar-refractivity contribution in [2.24, 2.45) is 0 Å². The molecule has 2 unspecified atom stereocenters. The maximum atomic E-state index is 9.09. The second-order valence-corrected chi connectivity index (χ2v) is 5.50. The first-order valence-corrected chi connectivity index (χ1v) is 6.57. The zero-order chi connectivity index (χ0) is 12.8. The summed E-state index contributed by atoms with van der Waals surface area (Å²) in [6.45, 7) is 7.24. The van der Waals surface area contributed by atoms with Crippen LogP contribution in [-0.4, -0.2) is 61.7 Å². The first-order valence-electron chi connectivity index (χ1n) is 6.57. The summed E-state index contributed by atoms with van der Waals surface area (Å²) in [6.07, 6.45) is 2.59. The molecule has 0 aromatic carbocycles. The number of hydrogen-bond donors (Lipinski definition) is 1. The second-order valence-electron chi connectivity index (χ2n) is 5.50. The van der Waals surface area contributed by atoms with Crippen LogP contribution in [0.4, 0.5) is 0 Å². The first-order chi connectivity index (χ1) is 8.02. The smallest absolute Gasteiger partial charge is 0.108 e. The van der Waals surface area contributed by atoms with Crippen molar-refractivity contribution in [1.82, 2.24) is 15.1 Å². The van der Waals surface area contributed by atoms with E-state index in [1.807, 2.05) is 0 Å². The second kappa shape index (κ2) is 6.95. The van der Waals surface area contributed by atoms with Gasteiger partial charge in [0.05, 0.1) is 6.07 Å². The summed E-state index contributed by atoms with van der Waals surface area (Å²) in [5.74, 6) is 0. The number of nitrogens with zero attached hydrogens (tertiary/aromatic N) is 3. The van der Waals surface area contributed by atoms with Gasteiger partial charge < -0.3 is 9.80 Å². The van der Waals surface area contributed by atoms with Gasteiger partial charge in [-0.15, -0.1) is 0 Å². The van der Waals surface area contributed by atoms with Gasteiger partial charge in [0.2, 0.25) is 0 Å². The molecule has 4 nitrogen and oxygen atoms in total. The van der Waals surface area contributed by atoms with Gasteiger partial charge in [-0.05, 0) is 47.3 Å². The Hall–Kier alpha value is -0.630. The van der Waals surface area contributed by atoms with Gasteiger partial charge in [-0.1, -0.05) is 0 Å². The quantitative estimate of drug-likeness (QED) is 0.747. The number of nitriles is 1. The molecule has 0 bridgehead atoms. The van der Waals surface area contributed by atoms with E-state index >= 15 is 0 Å². The van der Waals surface area contributed by atoms with Gasteiger partial charge in [0.15, 0.2) is 0 Å². The predicted molar refractivity (Wildman–Crippen MR) is 70.8 cm³/mol. The zero-order valence-corrected chi connectivity index (χ0v) is 11.6. The third-order valence-electron chi connectivity index (χ3n) is 3.38. The molecule has 17 heavy (non-hydrogen) atoms. The molecule has 1 aliphatic rings. The van der Waals surface area contributed by atoms with E-state index in [1.165, 1.54) is 19.4 Å². The Morgan fingerprint density at radius 1 is 1.53 bits per heavy atom. The molecular formula is C13H26N4. The Labute approximate surface area is 106 Å². The molecule has 98 valence electrons. The lowest BCUT2D eigenvalue weighted by Crippen LogP contribution is -2.45. The number of hydrogen-bond acceptors (Lipinski definition) is 4. The molecule has 1 N–H and O–H groups in total. The molecule has 1 rings (SSSR count). The van der Waals surface area contributed by atoms with Crippen molar-refractivity contribution < 1.29 is 0 Å². The maximum absolute atomic E-state index is 9.09. The fourth-order valence-electron chi connectivity index (χ4n) is 2.49. The van der Waals surface area contributed by atoms with Crippen molar-refractivity contribution in [3.63, 3.8) is 0 Å². The minimum absolute atomic E-state index is 0.0632. The topological polar surface area (TPSA) is 42.3 Å². The Balaban J connectivity index is 2.32. The Morgan fingerprint density at radius 2 is 2.24 bits per heavy atom. The van der Waals surface area contributed by atoms with Crippen LogP contribution in [0.15, 0.2) is 0 Å². The minimum Gasteiger partial charge on any atom is -0.302 e. The first kappa shape index (κ1) is 14.4. The summed E-state index contributed by atoms with van der Waals surface area (Å²) >= 11 is 0. The van der Waals surface area contributed by atoms with E-state index in [4.69, 9.17) is 5.26 Å². The van der Waals surface area contributed by atoms with Crippen LogP contribution in [0.1, 0.15) is 26.7 Å². The molecule has 0 aromatic rings. The summed E-state index contributed by atoms with van der Waals surface area (Å²) in [4.78, 5) is 4.70. The van der Waals surface area contributed by atoms with Gasteiger partial charge in [0.1, 0.15) is 6.04 Å². The van der Waals surface area contributed by atoms with Crippen LogP contribution in [0.25, 0.3) is 0 Å². The van der Waals surface area contributed by atoms with Gasteiger partial charge in [0.25, 0.3) is 0 Å². The zero-order valence-electron chi connectivity index (χ0n) is 11.6. The van der Waals surface area contributed by atoms with Crippen molar-refractivity contribution in [2.45, 2.75) is 44.8 Å². The van der Waals surface area contributed by atoms with Gasteiger partial charge >= 0.3 is 0 Å². The molecular weight excluding hydrogens is 212 g/mol. The highest BCUT2D eigenvalue weighted by Gasteiger charge is 2.23. The van der Waals surface area contributed by atoms with Crippen LogP contribution >= 0.6 is 0 Å². The van der Waals surface area contributed by atoms with E-state index in [2.05, 4.69) is 49.1 Å². The third kappa shape index (κ3) is 5.03. The fraction of sp³-hybridized carbons (Fsp3) is 0.923. The van der Waals surface area contributed by atoms with Crippen LogP contribution < -0.4 is 5.32 Å². The number of rotatable bonds is 6. The number of nitrogens with one attached hydrogen (secondary N) is 1. The van der Waals surface area contributed by atoms with Crippen LogP contribution in [0.2, 0.25) is 0 Å². The van der Waals surface area contributed by atoms with Crippen molar-refractivity contribution in [1.29, 1.82) is 5.26 Å². The van der Waals surface area contributed by atoms with Crippen molar-refractivity contribution in [3.05, 3.63) is 0 Å². The molecule has 0 spiro atoms. The molecule has 1 heterocycles. The molecule has 0 aromatic heterocycles. The average Bonchev–Trinajstić information content (AvgIpc) is 2.62. The van der Waals surface area contributed by atoms with Crippen LogP contribution in [0, 0.1) is 11.3 Å². The molecule has 0 saturated carbocycles. The Kier molecular flexibility index (Phi) is 5.90. The molecule has 0 aliphatic carbocycles. The van der Waals surface area contributed by atoms with Crippen molar-refractivity contribution in [3.8, 4) is 6.07 Å². The minimum atomic E-state index is -0.0632. The summed E-state index contributed by atoms with van der Waals surface area (Å²) < 4.78 is 0. The summed E-state index contributed by atoms with van der Waals surface area (Å²) in [5, 5.41) is 12.4. The molecule has 1 aliphatic heterocycles. The lowest BCUT2D eigenvalue weighted by atomic mass is 10.2. The SMILES string of the molecule is CC(C)NC(C#N)CN(C)CC1CCCN1C. The summed E-state index contributed by atoms with van der Waals surface area (Å²) in [7, 11) is 4.30. The predicted octanol–water partition coefficient (Wildman–Crippen LogP) is 0.903. The molecule has 4 heteroatoms. The molecule has 0 amide bonds. The van der Waals surface area contributed by atoms with E-state index in [9.17, 15) is 0 Å². The molecule has 1 saturated heterocycles. The van der Waals surface area contributed by atoms with E-state index in [0.29, 0.717) is 12.1 Å². The van der Waals surface area contributed by atoms with Crippen molar-refractivity contribution in [2.75, 3.05) is 33.7 Å². The normalized spacial score (nSPS) is 23.2. The lowest BCUT2D eigenvalue weighted by molar-refractivity contribution is 0.212. The molecule has 1 fully saturated rings. The third-order valence-corrected chi connectivity index (χ3v) is 3.38. The Bertz CT molecular complexity index is 259. The number of likely N-dealkylation sites (tertiary alicyclic amines) is 1. The highest BCUT2D eigenvalue weighted by atomic mass is 15.2. The van der Waals surface area contributed by atoms with Gasteiger partial charge in [-0.2, -0.15) is 5.26 Å². The standard InChI is InChI=1S/C13H26N4/c1-11(2)15-12(8-14)9-16(3)10-13-6-5-7-17(13)4/h11-13,15H,5-7,9-10H2,1-4H3. The Morgan fingerprint density at radius 3 is 2.71 bits per heavy atom. The van der Waals surface area contributed by atoms with Crippen molar-refractivity contribution >= 4 is 0 Å². The van der Waals surface area contributed by atoms with E-state index < -0.39 is 0 Å². The lowest BCUT2D eigenvalue weighted by Gasteiger charge is -2.27. The highest BCUT2D eigenvalue weighted by Crippen LogP contribution is 2.15. The van der Waals surface area contributed by atoms with Crippen LogP contribution in [0.3, 0.4) is 0 Å². The average molecular weight is 238 g/mol. The summed E-state index contributed by atoms with van der Waals surface area (Å²) in [5.41, 5.74) is 0. The van der Waals surface area contributed by atoms with Gasteiger partial charge in [-0.25, -0.2) is 0 Å². The van der Waals surface area contributed by atoms with E-state index in [0.717, 1.165) is 13.1 Å². The van der Waals surface area contributed by atoms with E-state index in [-0.39, 0.29) is 6.04 Å². The fourth-order valence-corrected chi connectivity index (χ4v) is 2.49. The van der Waals surface area contributed by atoms with Gasteiger partial charge in [0, 0.05) is 25.2 Å². The van der Waals surface area contributed by atoms with E-state index in [1.54, 1.807) is 0 Å². The van der Waals surface area contributed by atoms with Gasteiger partial charge in [-0.3, -0.25) is 5.32 Å². The monoisotopic (exact) mass is 238 g/mol. The van der Waals surface area contributed by atoms with Crippen LogP contribution in [-0.2, 0) is 0 Å². The largest absolute Gasteiger partial charge is 0.302 e. The van der Waals surface area contributed by atoms with Crippen LogP contribution in [0.5, 0.6) is 0 Å². The maximum Gasteiger partial charge on any atom is 0.108 e. The number of likely N-dealkylation sites (N-methyl/N-ethyl adjacent to an activating group) is 2. The summed E-state index contributed by atoms with van der Waals surface area (Å²) in [6, 6.07) is 3.30. The highest BCUT2D eigenvalue weighted by molar-refractivity contribution is 4.93. The molecule has 0 radical (unpaired) electrons. The molecule has 2 atom stereocenters.